The Balaban J connectivity index is 1.37. The molecule has 0 bridgehead atoms. The molecule has 0 unspecified atom stereocenters. The first kappa shape index (κ1) is 22.1. The number of thioether (sulfide) groups is 1. The lowest BCUT2D eigenvalue weighted by Crippen LogP contribution is -2.13. The molecule has 5 rings (SSSR count). The first-order valence-electron chi connectivity index (χ1n) is 10.5. The third kappa shape index (κ3) is 4.40. The molecule has 7 nitrogen and oxygen atoms in total. The molecule has 3 aromatic heterocycles. The van der Waals surface area contributed by atoms with E-state index in [0.29, 0.717) is 28.4 Å². The van der Waals surface area contributed by atoms with Crippen molar-refractivity contribution in [3.8, 4) is 0 Å². The molecule has 170 valence electrons. The summed E-state index contributed by atoms with van der Waals surface area (Å²) in [6.07, 6.45) is 3.31. The summed E-state index contributed by atoms with van der Waals surface area (Å²) in [5.41, 5.74) is 3.53. The van der Waals surface area contributed by atoms with E-state index < -0.39 is 0 Å². The van der Waals surface area contributed by atoms with Gasteiger partial charge in [0.1, 0.15) is 9.92 Å². The lowest BCUT2D eigenvalue weighted by Gasteiger charge is -2.07. The fourth-order valence-corrected chi connectivity index (χ4v) is 5.44. The van der Waals surface area contributed by atoms with Crippen LogP contribution >= 0.6 is 23.1 Å². The van der Waals surface area contributed by atoms with Crippen LogP contribution in [0.4, 0.5) is 5.69 Å². The molecule has 0 aliphatic carbocycles. The van der Waals surface area contributed by atoms with Crippen molar-refractivity contribution in [3.05, 3.63) is 94.7 Å². The minimum atomic E-state index is -0.342. The highest BCUT2D eigenvalue weighted by molar-refractivity contribution is 8.00. The zero-order chi connectivity index (χ0) is 23.7. The second-order valence-corrected chi connectivity index (χ2v) is 9.75. The van der Waals surface area contributed by atoms with E-state index in [9.17, 15) is 9.59 Å². The Morgan fingerprint density at radius 1 is 1.15 bits per heavy atom. The number of nitrogens with zero attached hydrogens (tertiary/aromatic N) is 3. The van der Waals surface area contributed by atoms with Crippen molar-refractivity contribution in [2.75, 3.05) is 5.32 Å². The summed E-state index contributed by atoms with van der Waals surface area (Å²) in [7, 11) is 1.77. The van der Waals surface area contributed by atoms with Crippen LogP contribution in [-0.4, -0.2) is 26.2 Å². The summed E-state index contributed by atoms with van der Waals surface area (Å²) in [6, 6.07) is 14.4. The summed E-state index contributed by atoms with van der Waals surface area (Å²) in [4.78, 5) is 34.4. The van der Waals surface area contributed by atoms with Gasteiger partial charge in [-0.15, -0.1) is 11.3 Å². The van der Waals surface area contributed by atoms with Crippen molar-refractivity contribution in [1.82, 2.24) is 14.5 Å². The zero-order valence-corrected chi connectivity index (χ0v) is 20.1. The number of carbonyl (C=O) groups excluding carboxylic acids is 2. The van der Waals surface area contributed by atoms with Crippen molar-refractivity contribution < 1.29 is 14.0 Å². The molecule has 5 aromatic rings. The number of hydrogen-bond donors (Lipinski definition) is 1. The third-order valence-corrected chi connectivity index (χ3v) is 7.44. The van der Waals surface area contributed by atoms with E-state index in [4.69, 9.17) is 4.42 Å². The molecule has 0 aliphatic heterocycles. The monoisotopic (exact) mass is 488 g/mol. The summed E-state index contributed by atoms with van der Waals surface area (Å²) < 4.78 is 8.56. The summed E-state index contributed by atoms with van der Waals surface area (Å²) in [5, 5.41) is 5.80. The predicted molar refractivity (Wildman–Crippen MR) is 134 cm³/mol. The normalized spacial score (nSPS) is 11.1. The van der Waals surface area contributed by atoms with Crippen LogP contribution in [0.2, 0.25) is 0 Å². The van der Waals surface area contributed by atoms with E-state index in [1.807, 2.05) is 36.6 Å². The number of benzene rings is 2. The van der Waals surface area contributed by atoms with Crippen LogP contribution in [0.5, 0.6) is 0 Å². The molecule has 0 saturated carbocycles. The highest BCUT2D eigenvalue weighted by Gasteiger charge is 2.21. The van der Waals surface area contributed by atoms with Crippen LogP contribution in [0.1, 0.15) is 38.0 Å². The number of amides is 1. The number of anilines is 1. The molecular formula is C25H20N4O3S2. The molecule has 0 atom stereocenters. The minimum Gasteiger partial charge on any atom is -0.451 e. The molecule has 0 saturated heterocycles. The molecule has 0 aliphatic rings. The number of nitrogens with one attached hydrogen (secondary N) is 1. The molecule has 3 heterocycles. The maximum atomic E-state index is 13.2. The van der Waals surface area contributed by atoms with Gasteiger partial charge in [0.2, 0.25) is 5.78 Å². The number of aryl methyl sites for hydroxylation is 2. The van der Waals surface area contributed by atoms with Gasteiger partial charge in [0, 0.05) is 58.5 Å². The first-order chi connectivity index (χ1) is 16.5. The fraction of sp³-hybridized carbons (Fsp3) is 0.120. The number of thiazole rings is 1. The van der Waals surface area contributed by atoms with Gasteiger partial charge in [0.25, 0.3) is 5.91 Å². The van der Waals surface area contributed by atoms with Gasteiger partial charge in [-0.05, 0) is 37.3 Å². The second kappa shape index (κ2) is 9.28. The van der Waals surface area contributed by atoms with Crippen molar-refractivity contribution >= 4 is 51.4 Å². The van der Waals surface area contributed by atoms with Crippen LogP contribution in [0.3, 0.4) is 0 Å². The van der Waals surface area contributed by atoms with Gasteiger partial charge in [-0.25, -0.2) is 9.97 Å². The van der Waals surface area contributed by atoms with E-state index in [0.717, 1.165) is 21.0 Å². The van der Waals surface area contributed by atoms with Crippen LogP contribution in [0.15, 0.2) is 75.1 Å². The number of aromatic nitrogens is 3. The Morgan fingerprint density at radius 2 is 1.94 bits per heavy atom. The average molecular weight is 489 g/mol. The summed E-state index contributed by atoms with van der Waals surface area (Å²) in [5.74, 6) is 0.667. The number of fused-ring (bicyclic) bond motifs is 1. The summed E-state index contributed by atoms with van der Waals surface area (Å²) >= 11 is 3.16. The Hall–Kier alpha value is -3.69. The van der Waals surface area contributed by atoms with E-state index in [1.54, 1.807) is 71.4 Å². The number of imidazole rings is 1. The maximum absolute atomic E-state index is 13.2. The number of hydrogen-bond acceptors (Lipinski definition) is 7. The summed E-state index contributed by atoms with van der Waals surface area (Å²) in [6.45, 7) is 1.96. The minimum absolute atomic E-state index is 0.181. The molecular weight excluding hydrogens is 468 g/mol. The van der Waals surface area contributed by atoms with Gasteiger partial charge in [-0.2, -0.15) is 0 Å². The van der Waals surface area contributed by atoms with Crippen LogP contribution in [-0.2, 0) is 12.8 Å². The quantitative estimate of drug-likeness (QED) is 0.233. The van der Waals surface area contributed by atoms with Gasteiger partial charge >= 0.3 is 0 Å². The van der Waals surface area contributed by atoms with Crippen molar-refractivity contribution in [2.24, 2.45) is 7.05 Å². The van der Waals surface area contributed by atoms with Gasteiger partial charge in [-0.1, -0.05) is 30.0 Å². The molecule has 34 heavy (non-hydrogen) atoms. The lowest BCUT2D eigenvalue weighted by atomic mass is 10.1. The average Bonchev–Trinajstić information content (AvgIpc) is 3.56. The van der Waals surface area contributed by atoms with Crippen molar-refractivity contribution in [2.45, 2.75) is 17.0 Å². The standard InChI is InChI=1S/C25H20N4O3S2/c1-15-13-33-25(27-15)34-14-19-18-5-3-4-6-20(18)32-22(19)24(31)28-17-9-7-16(8-10-17)21(30)23-26-11-12-29(23)2/h3-13H,14H2,1-2H3,(H,28,31). The molecule has 0 fully saturated rings. The topological polar surface area (TPSA) is 90.0 Å². The fourth-order valence-electron chi connectivity index (χ4n) is 3.56. The molecule has 9 heteroatoms. The number of carbonyl (C=O) groups is 2. The molecule has 1 amide bonds. The van der Waals surface area contributed by atoms with Gasteiger partial charge in [0.15, 0.2) is 11.6 Å². The highest BCUT2D eigenvalue weighted by atomic mass is 32.2. The van der Waals surface area contributed by atoms with Gasteiger partial charge in [-0.3, -0.25) is 9.59 Å². The van der Waals surface area contributed by atoms with Crippen LogP contribution in [0.25, 0.3) is 11.0 Å². The molecule has 0 spiro atoms. The Labute approximate surface area is 203 Å². The first-order valence-corrected chi connectivity index (χ1v) is 12.3. The smallest absolute Gasteiger partial charge is 0.291 e. The largest absolute Gasteiger partial charge is 0.451 e. The third-order valence-electron chi connectivity index (χ3n) is 5.27. The van der Waals surface area contributed by atoms with Crippen LogP contribution in [0, 0.1) is 6.92 Å². The predicted octanol–water partition coefficient (Wildman–Crippen LogP) is 5.71. The Morgan fingerprint density at radius 3 is 2.65 bits per heavy atom. The van der Waals surface area contributed by atoms with Crippen LogP contribution < -0.4 is 5.32 Å². The SMILES string of the molecule is Cc1csc(SCc2c(C(=O)Nc3ccc(C(=O)c4nccn4C)cc3)oc3ccccc23)n1. The van der Waals surface area contributed by atoms with E-state index in [2.05, 4.69) is 15.3 Å². The number of ketones is 1. The number of rotatable bonds is 7. The molecule has 2 aromatic carbocycles. The van der Waals surface area contributed by atoms with Crippen molar-refractivity contribution in [1.29, 1.82) is 0 Å². The van der Waals surface area contributed by atoms with E-state index >= 15 is 0 Å². The zero-order valence-electron chi connectivity index (χ0n) is 18.4. The number of para-hydroxylation sites is 1. The van der Waals surface area contributed by atoms with Gasteiger partial charge < -0.3 is 14.3 Å². The Kier molecular flexibility index (Phi) is 6.04. The lowest BCUT2D eigenvalue weighted by molar-refractivity contribution is 0.0996. The highest BCUT2D eigenvalue weighted by Crippen LogP contribution is 2.33. The van der Waals surface area contributed by atoms with E-state index in [1.165, 1.54) is 0 Å². The molecule has 1 N–H and O–H groups in total. The van der Waals surface area contributed by atoms with Gasteiger partial charge in [0.05, 0.1) is 0 Å². The molecule has 0 radical (unpaired) electrons. The Bertz CT molecular complexity index is 1500. The maximum Gasteiger partial charge on any atom is 0.291 e. The van der Waals surface area contributed by atoms with E-state index in [-0.39, 0.29) is 17.5 Å². The van der Waals surface area contributed by atoms with Crippen molar-refractivity contribution in [3.63, 3.8) is 0 Å². The number of furan rings is 1. The second-order valence-electron chi connectivity index (χ2n) is 7.67.